The van der Waals surface area contributed by atoms with E-state index in [1.165, 1.54) is 4.70 Å². The van der Waals surface area contributed by atoms with Gasteiger partial charge in [-0.2, -0.15) is 0 Å². The summed E-state index contributed by atoms with van der Waals surface area (Å²) >= 11 is 1.72. The number of para-hydroxylation sites is 1. The molecule has 6 heteroatoms. The molecule has 1 N–H and O–H groups in total. The van der Waals surface area contributed by atoms with Crippen LogP contribution in [0.25, 0.3) is 10.2 Å². The van der Waals surface area contributed by atoms with Crippen molar-refractivity contribution >= 4 is 32.7 Å². The fourth-order valence-electron chi connectivity index (χ4n) is 2.50. The number of carbonyl (C=O) groups excluding carboxylic acids is 1. The summed E-state index contributed by atoms with van der Waals surface area (Å²) in [5.41, 5.74) is 0.858. The zero-order valence-corrected chi connectivity index (χ0v) is 14.1. The van der Waals surface area contributed by atoms with Gasteiger partial charge in [0.15, 0.2) is 5.13 Å². The van der Waals surface area contributed by atoms with Crippen LogP contribution in [0, 0.1) is 0 Å². The Labute approximate surface area is 134 Å². The van der Waals surface area contributed by atoms with Crippen LogP contribution < -0.4 is 10.2 Å². The molecule has 0 spiro atoms. The molecule has 3 rings (SSSR count). The van der Waals surface area contributed by atoms with Crippen LogP contribution in [0.1, 0.15) is 20.8 Å². The summed E-state index contributed by atoms with van der Waals surface area (Å²) in [6, 6.07) is 8.22. The summed E-state index contributed by atoms with van der Waals surface area (Å²) < 4.78 is 1.21. The Bertz CT molecular complexity index is 635. The number of fused-ring (bicyclic) bond motifs is 1. The van der Waals surface area contributed by atoms with Crippen LogP contribution in [-0.4, -0.2) is 47.6 Å². The van der Waals surface area contributed by atoms with Gasteiger partial charge in [0.05, 0.1) is 10.2 Å². The van der Waals surface area contributed by atoms with Gasteiger partial charge in [-0.3, -0.25) is 0 Å². The normalized spacial score (nSPS) is 16.1. The second-order valence-electron chi connectivity index (χ2n) is 6.62. The molecule has 0 unspecified atom stereocenters. The van der Waals surface area contributed by atoms with Crippen molar-refractivity contribution in [3.8, 4) is 0 Å². The third-order valence-electron chi connectivity index (χ3n) is 3.60. The summed E-state index contributed by atoms with van der Waals surface area (Å²) in [7, 11) is 0. The number of anilines is 1. The molecule has 1 aromatic carbocycles. The van der Waals surface area contributed by atoms with E-state index in [1.807, 2.05) is 43.9 Å². The van der Waals surface area contributed by atoms with E-state index in [4.69, 9.17) is 4.98 Å². The van der Waals surface area contributed by atoms with E-state index in [0.29, 0.717) is 0 Å². The number of hydrogen-bond acceptors (Lipinski definition) is 4. The minimum atomic E-state index is -0.193. The molecule has 22 heavy (non-hydrogen) atoms. The number of urea groups is 1. The van der Waals surface area contributed by atoms with Gasteiger partial charge in [0, 0.05) is 31.7 Å². The molecule has 0 saturated carbocycles. The van der Waals surface area contributed by atoms with Crippen molar-refractivity contribution in [2.45, 2.75) is 26.3 Å². The van der Waals surface area contributed by atoms with Crippen molar-refractivity contribution in [3.05, 3.63) is 24.3 Å². The Kier molecular flexibility index (Phi) is 3.95. The number of amides is 2. The van der Waals surface area contributed by atoms with Gasteiger partial charge < -0.3 is 15.1 Å². The maximum absolute atomic E-state index is 12.2. The SMILES string of the molecule is CC(C)(C)NC(=O)N1CCN(c2nc3ccccc3s2)CC1. The van der Waals surface area contributed by atoms with Crippen molar-refractivity contribution in [1.29, 1.82) is 0 Å². The molecule has 118 valence electrons. The summed E-state index contributed by atoms with van der Waals surface area (Å²) in [6.45, 7) is 9.14. The average molecular weight is 318 g/mol. The minimum Gasteiger partial charge on any atom is -0.345 e. The lowest BCUT2D eigenvalue weighted by molar-refractivity contribution is 0.185. The van der Waals surface area contributed by atoms with E-state index in [1.54, 1.807) is 11.3 Å². The monoisotopic (exact) mass is 318 g/mol. The fourth-order valence-corrected chi connectivity index (χ4v) is 3.51. The van der Waals surface area contributed by atoms with Crippen LogP contribution in [0.4, 0.5) is 9.93 Å². The number of rotatable bonds is 1. The number of aromatic nitrogens is 1. The van der Waals surface area contributed by atoms with Crippen molar-refractivity contribution in [3.63, 3.8) is 0 Å². The predicted octanol–water partition coefficient (Wildman–Crippen LogP) is 2.93. The Morgan fingerprint density at radius 2 is 1.86 bits per heavy atom. The predicted molar refractivity (Wildman–Crippen MR) is 91.7 cm³/mol. The number of thiazole rings is 1. The van der Waals surface area contributed by atoms with E-state index >= 15 is 0 Å². The zero-order chi connectivity index (χ0) is 15.7. The van der Waals surface area contributed by atoms with Gasteiger partial charge in [-0.15, -0.1) is 0 Å². The Morgan fingerprint density at radius 3 is 2.50 bits per heavy atom. The summed E-state index contributed by atoms with van der Waals surface area (Å²) in [5.74, 6) is 0. The van der Waals surface area contributed by atoms with E-state index in [0.717, 1.165) is 36.8 Å². The summed E-state index contributed by atoms with van der Waals surface area (Å²) in [5, 5.41) is 4.07. The van der Waals surface area contributed by atoms with Gasteiger partial charge in [0.25, 0.3) is 0 Å². The molecule has 2 amide bonds. The molecule has 0 bridgehead atoms. The lowest BCUT2D eigenvalue weighted by Crippen LogP contribution is -2.55. The molecule has 2 heterocycles. The number of hydrogen-bond donors (Lipinski definition) is 1. The van der Waals surface area contributed by atoms with Crippen LogP contribution in [0.5, 0.6) is 0 Å². The van der Waals surface area contributed by atoms with Crippen molar-refractivity contribution in [2.24, 2.45) is 0 Å². The Morgan fingerprint density at radius 1 is 1.18 bits per heavy atom. The first-order valence-electron chi connectivity index (χ1n) is 7.60. The number of piperazine rings is 1. The highest BCUT2D eigenvalue weighted by atomic mass is 32.1. The first kappa shape index (κ1) is 15.1. The number of nitrogens with zero attached hydrogens (tertiary/aromatic N) is 3. The Hall–Kier alpha value is -1.82. The molecule has 2 aromatic rings. The fraction of sp³-hybridized carbons (Fsp3) is 0.500. The highest BCUT2D eigenvalue weighted by Gasteiger charge is 2.25. The van der Waals surface area contributed by atoms with E-state index in [2.05, 4.69) is 16.3 Å². The smallest absolute Gasteiger partial charge is 0.317 e. The lowest BCUT2D eigenvalue weighted by Gasteiger charge is -2.36. The standard InChI is InChI=1S/C16H22N4OS/c1-16(2,3)18-14(21)19-8-10-20(11-9-19)15-17-12-6-4-5-7-13(12)22-15/h4-7H,8-11H2,1-3H3,(H,18,21). The van der Waals surface area contributed by atoms with Gasteiger partial charge in [-0.05, 0) is 32.9 Å². The average Bonchev–Trinajstić information content (AvgIpc) is 2.89. The molecule has 0 atom stereocenters. The zero-order valence-electron chi connectivity index (χ0n) is 13.3. The first-order chi connectivity index (χ1) is 10.4. The molecule has 0 radical (unpaired) electrons. The van der Waals surface area contributed by atoms with E-state index in [-0.39, 0.29) is 11.6 Å². The quantitative estimate of drug-likeness (QED) is 0.879. The van der Waals surface area contributed by atoms with Crippen molar-refractivity contribution < 1.29 is 4.79 Å². The van der Waals surface area contributed by atoms with Crippen molar-refractivity contribution in [1.82, 2.24) is 15.2 Å². The molecular formula is C16H22N4OS. The maximum atomic E-state index is 12.2. The largest absolute Gasteiger partial charge is 0.345 e. The van der Waals surface area contributed by atoms with Gasteiger partial charge in [0.1, 0.15) is 0 Å². The number of benzene rings is 1. The van der Waals surface area contributed by atoms with Crippen LogP contribution in [0.3, 0.4) is 0 Å². The van der Waals surface area contributed by atoms with Crippen LogP contribution >= 0.6 is 11.3 Å². The highest BCUT2D eigenvalue weighted by Crippen LogP contribution is 2.29. The molecule has 1 fully saturated rings. The van der Waals surface area contributed by atoms with Crippen LogP contribution in [0.2, 0.25) is 0 Å². The molecule has 1 aromatic heterocycles. The number of carbonyl (C=O) groups is 1. The van der Waals surface area contributed by atoms with Gasteiger partial charge in [0.2, 0.25) is 0 Å². The molecule has 0 aliphatic carbocycles. The molecule has 1 aliphatic rings. The summed E-state index contributed by atoms with van der Waals surface area (Å²) in [4.78, 5) is 21.0. The molecular weight excluding hydrogens is 296 g/mol. The van der Waals surface area contributed by atoms with E-state index < -0.39 is 0 Å². The third-order valence-corrected chi connectivity index (χ3v) is 4.70. The first-order valence-corrected chi connectivity index (χ1v) is 8.42. The second kappa shape index (κ2) is 5.76. The van der Waals surface area contributed by atoms with Gasteiger partial charge in [-0.1, -0.05) is 23.5 Å². The second-order valence-corrected chi connectivity index (χ2v) is 7.63. The topological polar surface area (TPSA) is 48.5 Å². The third kappa shape index (κ3) is 3.32. The van der Waals surface area contributed by atoms with Crippen LogP contribution in [0.15, 0.2) is 24.3 Å². The van der Waals surface area contributed by atoms with Crippen LogP contribution in [-0.2, 0) is 0 Å². The van der Waals surface area contributed by atoms with E-state index in [9.17, 15) is 4.79 Å². The lowest BCUT2D eigenvalue weighted by atomic mass is 10.1. The highest BCUT2D eigenvalue weighted by molar-refractivity contribution is 7.22. The molecule has 1 aliphatic heterocycles. The van der Waals surface area contributed by atoms with Crippen molar-refractivity contribution in [2.75, 3.05) is 31.1 Å². The Balaban J connectivity index is 1.63. The molecule has 1 saturated heterocycles. The maximum Gasteiger partial charge on any atom is 0.317 e. The summed E-state index contributed by atoms with van der Waals surface area (Å²) in [6.07, 6.45) is 0. The van der Waals surface area contributed by atoms with Gasteiger partial charge in [-0.25, -0.2) is 9.78 Å². The number of nitrogens with one attached hydrogen (secondary N) is 1. The molecule has 5 nitrogen and oxygen atoms in total. The minimum absolute atomic E-state index is 0.0245. The van der Waals surface area contributed by atoms with Gasteiger partial charge >= 0.3 is 6.03 Å².